The van der Waals surface area contributed by atoms with Gasteiger partial charge < -0.3 is 9.47 Å². The summed E-state index contributed by atoms with van der Waals surface area (Å²) >= 11 is 0. The first kappa shape index (κ1) is 12.3. The molecule has 0 aromatic heterocycles. The predicted molar refractivity (Wildman–Crippen MR) is 62.8 cm³/mol. The predicted octanol–water partition coefficient (Wildman–Crippen LogP) is 2.74. The molecule has 0 N–H and O–H groups in total. The molecule has 3 heteroatoms. The standard InChI is InChI=1S/C13H16O3/c1-4-5-8-16-12-7-6-10(2)9-11(12)13(14)15-3/h4-7,9H,8H2,1-3H3/b5-4+. The van der Waals surface area contributed by atoms with E-state index in [-0.39, 0.29) is 5.97 Å². The summed E-state index contributed by atoms with van der Waals surface area (Å²) < 4.78 is 10.2. The molecule has 0 saturated heterocycles. The molecular weight excluding hydrogens is 204 g/mol. The molecule has 3 nitrogen and oxygen atoms in total. The van der Waals surface area contributed by atoms with E-state index in [2.05, 4.69) is 0 Å². The maximum Gasteiger partial charge on any atom is 0.341 e. The van der Waals surface area contributed by atoms with Crippen molar-refractivity contribution < 1.29 is 14.3 Å². The van der Waals surface area contributed by atoms with Crippen molar-refractivity contribution in [2.75, 3.05) is 13.7 Å². The Balaban J connectivity index is 2.93. The Morgan fingerprint density at radius 1 is 1.44 bits per heavy atom. The molecule has 0 aliphatic rings. The van der Waals surface area contributed by atoms with Crippen molar-refractivity contribution in [2.24, 2.45) is 0 Å². The Hall–Kier alpha value is -1.77. The van der Waals surface area contributed by atoms with Gasteiger partial charge in [0.1, 0.15) is 17.9 Å². The van der Waals surface area contributed by atoms with Crippen molar-refractivity contribution in [3.8, 4) is 5.75 Å². The van der Waals surface area contributed by atoms with Crippen LogP contribution in [0.2, 0.25) is 0 Å². The summed E-state index contributed by atoms with van der Waals surface area (Å²) in [5.74, 6) is 0.176. The number of hydrogen-bond acceptors (Lipinski definition) is 3. The smallest absolute Gasteiger partial charge is 0.341 e. The van der Waals surface area contributed by atoms with E-state index in [0.717, 1.165) is 5.56 Å². The molecule has 0 heterocycles. The molecule has 0 amide bonds. The molecule has 1 aromatic rings. The Labute approximate surface area is 95.7 Å². The van der Waals surface area contributed by atoms with Crippen LogP contribution in [0.5, 0.6) is 5.75 Å². The van der Waals surface area contributed by atoms with Crippen LogP contribution >= 0.6 is 0 Å². The third-order valence-electron chi connectivity index (χ3n) is 2.11. The fourth-order valence-electron chi connectivity index (χ4n) is 1.27. The van der Waals surface area contributed by atoms with Crippen LogP contribution in [0.15, 0.2) is 30.4 Å². The second-order valence-electron chi connectivity index (χ2n) is 3.37. The monoisotopic (exact) mass is 220 g/mol. The van der Waals surface area contributed by atoms with Crippen LogP contribution in [0.25, 0.3) is 0 Å². The molecule has 0 atom stereocenters. The molecule has 1 rings (SSSR count). The van der Waals surface area contributed by atoms with Crippen molar-refractivity contribution in [1.29, 1.82) is 0 Å². The number of esters is 1. The van der Waals surface area contributed by atoms with E-state index in [4.69, 9.17) is 9.47 Å². The van der Waals surface area contributed by atoms with Crippen LogP contribution < -0.4 is 4.74 Å². The molecule has 0 saturated carbocycles. The van der Waals surface area contributed by atoms with Gasteiger partial charge >= 0.3 is 5.97 Å². The second kappa shape index (κ2) is 5.95. The van der Waals surface area contributed by atoms with Crippen LogP contribution in [-0.2, 0) is 4.74 Å². The number of hydrogen-bond donors (Lipinski definition) is 0. The highest BCUT2D eigenvalue weighted by molar-refractivity contribution is 5.92. The van der Waals surface area contributed by atoms with Crippen LogP contribution in [0.4, 0.5) is 0 Å². The third kappa shape index (κ3) is 3.12. The van der Waals surface area contributed by atoms with Gasteiger partial charge in [-0.2, -0.15) is 0 Å². The maximum absolute atomic E-state index is 11.5. The summed E-state index contributed by atoms with van der Waals surface area (Å²) in [6.07, 6.45) is 3.77. The van der Waals surface area contributed by atoms with Gasteiger partial charge in [-0.3, -0.25) is 0 Å². The number of aryl methyl sites for hydroxylation is 1. The molecule has 0 unspecified atom stereocenters. The summed E-state index contributed by atoms with van der Waals surface area (Å²) in [7, 11) is 1.36. The van der Waals surface area contributed by atoms with Gasteiger partial charge in [-0.15, -0.1) is 0 Å². The first-order valence-corrected chi connectivity index (χ1v) is 5.12. The average Bonchev–Trinajstić information content (AvgIpc) is 2.30. The minimum absolute atomic E-state index is 0.376. The van der Waals surface area contributed by atoms with Crippen molar-refractivity contribution in [1.82, 2.24) is 0 Å². The zero-order chi connectivity index (χ0) is 12.0. The van der Waals surface area contributed by atoms with Crippen LogP contribution in [0.1, 0.15) is 22.8 Å². The number of allylic oxidation sites excluding steroid dienone is 1. The normalized spacial score (nSPS) is 10.4. The van der Waals surface area contributed by atoms with Gasteiger partial charge in [-0.25, -0.2) is 4.79 Å². The molecule has 0 fully saturated rings. The number of benzene rings is 1. The molecule has 1 aromatic carbocycles. The maximum atomic E-state index is 11.5. The number of carbonyl (C=O) groups excluding carboxylic acids is 1. The molecule has 0 aliphatic carbocycles. The summed E-state index contributed by atoms with van der Waals surface area (Å²) in [5, 5.41) is 0. The van der Waals surface area contributed by atoms with Crippen LogP contribution in [0, 0.1) is 6.92 Å². The summed E-state index contributed by atoms with van der Waals surface area (Å²) in [6, 6.07) is 5.44. The minimum Gasteiger partial charge on any atom is -0.489 e. The lowest BCUT2D eigenvalue weighted by molar-refractivity contribution is 0.0596. The van der Waals surface area contributed by atoms with Gasteiger partial charge in [0.15, 0.2) is 0 Å². The van der Waals surface area contributed by atoms with E-state index < -0.39 is 0 Å². The van der Waals surface area contributed by atoms with E-state index in [1.54, 1.807) is 12.1 Å². The molecule has 0 spiro atoms. The number of rotatable bonds is 4. The summed E-state index contributed by atoms with van der Waals surface area (Å²) in [6.45, 7) is 4.28. The van der Waals surface area contributed by atoms with Crippen molar-refractivity contribution >= 4 is 5.97 Å². The van der Waals surface area contributed by atoms with Gasteiger partial charge in [-0.05, 0) is 26.0 Å². The van der Waals surface area contributed by atoms with Crippen molar-refractivity contribution in [3.63, 3.8) is 0 Å². The van der Waals surface area contributed by atoms with Crippen molar-refractivity contribution in [3.05, 3.63) is 41.5 Å². The molecule has 16 heavy (non-hydrogen) atoms. The van der Waals surface area contributed by atoms with Crippen LogP contribution in [0.3, 0.4) is 0 Å². The molecule has 86 valence electrons. The van der Waals surface area contributed by atoms with Gasteiger partial charge in [0, 0.05) is 0 Å². The SMILES string of the molecule is C/C=C/COc1ccc(C)cc1C(=O)OC. The van der Waals surface area contributed by atoms with Gasteiger partial charge in [-0.1, -0.05) is 23.8 Å². The summed E-state index contributed by atoms with van der Waals surface area (Å²) in [5.41, 5.74) is 1.46. The topological polar surface area (TPSA) is 35.5 Å². The van der Waals surface area contributed by atoms with E-state index >= 15 is 0 Å². The Morgan fingerprint density at radius 2 is 2.19 bits per heavy atom. The van der Waals surface area contributed by atoms with Gasteiger partial charge in [0.2, 0.25) is 0 Å². The highest BCUT2D eigenvalue weighted by Crippen LogP contribution is 2.20. The largest absolute Gasteiger partial charge is 0.489 e. The van der Waals surface area contributed by atoms with Gasteiger partial charge in [0.25, 0.3) is 0 Å². The summed E-state index contributed by atoms with van der Waals surface area (Å²) in [4.78, 5) is 11.5. The van der Waals surface area contributed by atoms with Gasteiger partial charge in [0.05, 0.1) is 7.11 Å². The highest BCUT2D eigenvalue weighted by Gasteiger charge is 2.12. The Morgan fingerprint density at radius 3 is 2.81 bits per heavy atom. The highest BCUT2D eigenvalue weighted by atomic mass is 16.5. The zero-order valence-electron chi connectivity index (χ0n) is 9.82. The Kier molecular flexibility index (Phi) is 4.58. The number of carbonyl (C=O) groups is 1. The fourth-order valence-corrected chi connectivity index (χ4v) is 1.27. The second-order valence-corrected chi connectivity index (χ2v) is 3.37. The van der Waals surface area contributed by atoms with E-state index in [9.17, 15) is 4.79 Å². The first-order valence-electron chi connectivity index (χ1n) is 5.12. The lowest BCUT2D eigenvalue weighted by atomic mass is 10.1. The Bertz CT molecular complexity index is 394. The molecule has 0 bridgehead atoms. The van der Waals surface area contributed by atoms with Crippen LogP contribution in [-0.4, -0.2) is 19.7 Å². The number of ether oxygens (including phenoxy) is 2. The first-order chi connectivity index (χ1) is 7.69. The van der Waals surface area contributed by atoms with Crippen molar-refractivity contribution in [2.45, 2.75) is 13.8 Å². The quantitative estimate of drug-likeness (QED) is 0.578. The average molecular weight is 220 g/mol. The molecular formula is C13H16O3. The minimum atomic E-state index is -0.376. The lowest BCUT2D eigenvalue weighted by Gasteiger charge is -2.09. The third-order valence-corrected chi connectivity index (χ3v) is 2.11. The molecule has 0 radical (unpaired) electrons. The van der Waals surface area contributed by atoms with E-state index in [1.807, 2.05) is 32.1 Å². The van der Waals surface area contributed by atoms with E-state index in [0.29, 0.717) is 17.9 Å². The van der Waals surface area contributed by atoms with E-state index in [1.165, 1.54) is 7.11 Å². The lowest BCUT2D eigenvalue weighted by Crippen LogP contribution is -2.06. The zero-order valence-corrected chi connectivity index (χ0v) is 9.82. The number of methoxy groups -OCH3 is 1. The molecule has 0 aliphatic heterocycles. The fraction of sp³-hybridized carbons (Fsp3) is 0.308.